The zero-order chi connectivity index (χ0) is 11.9. The van der Waals surface area contributed by atoms with Crippen LogP contribution in [0.5, 0.6) is 0 Å². The molecule has 1 aliphatic rings. The number of halogens is 1. The Kier molecular flexibility index (Phi) is 4.54. The molecule has 2 nitrogen and oxygen atoms in total. The van der Waals surface area contributed by atoms with Crippen molar-refractivity contribution in [3.05, 3.63) is 30.1 Å². The molecule has 1 aromatic rings. The summed E-state index contributed by atoms with van der Waals surface area (Å²) in [5.74, 6) is -0.214. The first-order valence-electron chi connectivity index (χ1n) is 6.41. The van der Waals surface area contributed by atoms with Gasteiger partial charge in [-0.3, -0.25) is 5.43 Å². The first-order chi connectivity index (χ1) is 8.34. The molecule has 92 valence electrons. The molecular weight excluding hydrogens is 215 g/mol. The van der Waals surface area contributed by atoms with E-state index in [4.69, 9.17) is 0 Å². The maximum absolute atomic E-state index is 12.7. The number of rotatable bonds is 2. The Morgan fingerprint density at radius 3 is 2.12 bits per heavy atom. The maximum atomic E-state index is 12.7. The highest BCUT2D eigenvalue weighted by Crippen LogP contribution is 2.15. The molecule has 0 aromatic heterocycles. The number of hydrazone groups is 1. The van der Waals surface area contributed by atoms with E-state index < -0.39 is 0 Å². The Hall–Kier alpha value is -1.38. The van der Waals surface area contributed by atoms with E-state index in [9.17, 15) is 4.39 Å². The van der Waals surface area contributed by atoms with Crippen LogP contribution in [0.3, 0.4) is 0 Å². The number of hydrogen-bond acceptors (Lipinski definition) is 2. The van der Waals surface area contributed by atoms with E-state index in [1.807, 2.05) is 0 Å². The Morgan fingerprint density at radius 2 is 1.47 bits per heavy atom. The molecule has 3 heteroatoms. The van der Waals surface area contributed by atoms with Crippen LogP contribution >= 0.6 is 0 Å². The van der Waals surface area contributed by atoms with Crippen LogP contribution in [0.25, 0.3) is 0 Å². The first-order valence-corrected chi connectivity index (χ1v) is 6.41. The second kappa shape index (κ2) is 6.38. The molecule has 17 heavy (non-hydrogen) atoms. The van der Waals surface area contributed by atoms with Gasteiger partial charge in [-0.05, 0) is 49.9 Å². The summed E-state index contributed by atoms with van der Waals surface area (Å²) in [6, 6.07) is 6.31. The third-order valence-corrected chi connectivity index (χ3v) is 3.12. The summed E-state index contributed by atoms with van der Waals surface area (Å²) in [7, 11) is 0. The molecule has 1 aliphatic carbocycles. The van der Waals surface area contributed by atoms with E-state index >= 15 is 0 Å². The van der Waals surface area contributed by atoms with Gasteiger partial charge in [0.1, 0.15) is 5.82 Å². The molecule has 0 radical (unpaired) electrons. The molecule has 1 N–H and O–H groups in total. The van der Waals surface area contributed by atoms with Crippen molar-refractivity contribution in [2.75, 3.05) is 5.43 Å². The summed E-state index contributed by atoms with van der Waals surface area (Å²) in [6.07, 6.45) is 8.65. The zero-order valence-corrected chi connectivity index (χ0v) is 10.1. The van der Waals surface area contributed by atoms with Gasteiger partial charge in [-0.25, -0.2) is 4.39 Å². The van der Waals surface area contributed by atoms with Crippen LogP contribution in [-0.2, 0) is 0 Å². The molecule has 0 aliphatic heterocycles. The molecule has 0 heterocycles. The molecule has 0 amide bonds. The van der Waals surface area contributed by atoms with Crippen LogP contribution < -0.4 is 5.43 Å². The largest absolute Gasteiger partial charge is 0.279 e. The average molecular weight is 234 g/mol. The van der Waals surface area contributed by atoms with Crippen molar-refractivity contribution in [2.45, 2.75) is 44.9 Å². The topological polar surface area (TPSA) is 24.4 Å². The standard InChI is InChI=1S/C14H19FN2/c15-12-8-10-14(11-9-12)17-16-13-6-4-2-1-3-5-7-13/h8-11,17H,1-7H2. The van der Waals surface area contributed by atoms with Gasteiger partial charge in [-0.2, -0.15) is 5.10 Å². The summed E-state index contributed by atoms with van der Waals surface area (Å²) >= 11 is 0. The van der Waals surface area contributed by atoms with Crippen molar-refractivity contribution in [1.29, 1.82) is 0 Å². The molecule has 2 rings (SSSR count). The van der Waals surface area contributed by atoms with Gasteiger partial charge in [0.25, 0.3) is 0 Å². The van der Waals surface area contributed by atoms with E-state index in [0.29, 0.717) is 0 Å². The van der Waals surface area contributed by atoms with Crippen LogP contribution in [0.1, 0.15) is 44.9 Å². The van der Waals surface area contributed by atoms with Crippen LogP contribution in [-0.4, -0.2) is 5.71 Å². The van der Waals surface area contributed by atoms with Crippen LogP contribution in [0, 0.1) is 5.82 Å². The van der Waals surface area contributed by atoms with Gasteiger partial charge in [0, 0.05) is 5.71 Å². The zero-order valence-electron chi connectivity index (χ0n) is 10.1. The lowest BCUT2D eigenvalue weighted by molar-refractivity contribution is 0.606. The van der Waals surface area contributed by atoms with Gasteiger partial charge in [-0.1, -0.05) is 19.3 Å². The van der Waals surface area contributed by atoms with Crippen LogP contribution in [0.2, 0.25) is 0 Å². The van der Waals surface area contributed by atoms with Crippen LogP contribution in [0.4, 0.5) is 10.1 Å². The molecule has 1 saturated carbocycles. The Bertz CT molecular complexity index is 360. The minimum absolute atomic E-state index is 0.214. The third kappa shape index (κ3) is 4.17. The van der Waals surface area contributed by atoms with E-state index in [1.165, 1.54) is 49.9 Å². The minimum atomic E-state index is -0.214. The smallest absolute Gasteiger partial charge is 0.123 e. The number of nitrogens with zero attached hydrogens (tertiary/aromatic N) is 1. The summed E-state index contributed by atoms with van der Waals surface area (Å²) in [4.78, 5) is 0. The number of anilines is 1. The molecule has 1 aromatic carbocycles. The normalized spacial score (nSPS) is 17.1. The summed E-state index contributed by atoms with van der Waals surface area (Å²) in [6.45, 7) is 0. The Balaban J connectivity index is 1.91. The van der Waals surface area contributed by atoms with Crippen molar-refractivity contribution >= 4 is 11.4 Å². The van der Waals surface area contributed by atoms with Gasteiger partial charge in [-0.15, -0.1) is 0 Å². The molecule has 0 saturated heterocycles. The highest BCUT2D eigenvalue weighted by Gasteiger charge is 2.04. The minimum Gasteiger partial charge on any atom is -0.279 e. The first kappa shape index (κ1) is 12.1. The number of benzene rings is 1. The van der Waals surface area contributed by atoms with Crippen molar-refractivity contribution in [1.82, 2.24) is 0 Å². The van der Waals surface area contributed by atoms with Gasteiger partial charge in [0.05, 0.1) is 5.69 Å². The van der Waals surface area contributed by atoms with Gasteiger partial charge < -0.3 is 0 Å². The predicted octanol–water partition coefficient (Wildman–Crippen LogP) is 4.34. The highest BCUT2D eigenvalue weighted by atomic mass is 19.1. The van der Waals surface area contributed by atoms with Crippen LogP contribution in [0.15, 0.2) is 29.4 Å². The fourth-order valence-corrected chi connectivity index (χ4v) is 2.09. The van der Waals surface area contributed by atoms with Gasteiger partial charge in [0.2, 0.25) is 0 Å². The summed E-state index contributed by atoms with van der Waals surface area (Å²) in [5.41, 5.74) is 5.10. The number of hydrogen-bond donors (Lipinski definition) is 1. The molecule has 0 atom stereocenters. The molecule has 0 spiro atoms. The predicted molar refractivity (Wildman–Crippen MR) is 69.8 cm³/mol. The molecule has 1 fully saturated rings. The lowest BCUT2D eigenvalue weighted by atomic mass is 9.99. The average Bonchev–Trinajstić information content (AvgIpc) is 2.30. The lowest BCUT2D eigenvalue weighted by Gasteiger charge is -2.11. The molecule has 0 bridgehead atoms. The monoisotopic (exact) mass is 234 g/mol. The third-order valence-electron chi connectivity index (χ3n) is 3.12. The molecule has 0 unspecified atom stereocenters. The second-order valence-electron chi connectivity index (χ2n) is 4.56. The fraction of sp³-hybridized carbons (Fsp3) is 0.500. The maximum Gasteiger partial charge on any atom is 0.123 e. The van der Waals surface area contributed by atoms with E-state index in [1.54, 1.807) is 12.1 Å². The SMILES string of the molecule is Fc1ccc(NN=C2CCCCCCC2)cc1. The lowest BCUT2D eigenvalue weighted by Crippen LogP contribution is -2.05. The quantitative estimate of drug-likeness (QED) is 0.756. The van der Waals surface area contributed by atoms with Crippen molar-refractivity contribution < 1.29 is 4.39 Å². The summed E-state index contributed by atoms with van der Waals surface area (Å²) < 4.78 is 12.7. The summed E-state index contributed by atoms with van der Waals surface area (Å²) in [5, 5.41) is 4.43. The van der Waals surface area contributed by atoms with E-state index in [-0.39, 0.29) is 5.82 Å². The highest BCUT2D eigenvalue weighted by molar-refractivity contribution is 5.85. The molecular formula is C14H19FN2. The Labute approximate surface area is 102 Å². The van der Waals surface area contributed by atoms with Gasteiger partial charge >= 0.3 is 0 Å². The van der Waals surface area contributed by atoms with Gasteiger partial charge in [0.15, 0.2) is 0 Å². The van der Waals surface area contributed by atoms with E-state index in [0.717, 1.165) is 18.5 Å². The van der Waals surface area contributed by atoms with E-state index in [2.05, 4.69) is 10.5 Å². The van der Waals surface area contributed by atoms with Crippen molar-refractivity contribution in [2.24, 2.45) is 5.10 Å². The Morgan fingerprint density at radius 1 is 0.882 bits per heavy atom. The fourth-order valence-electron chi connectivity index (χ4n) is 2.09. The second-order valence-corrected chi connectivity index (χ2v) is 4.56. The van der Waals surface area contributed by atoms with Crippen molar-refractivity contribution in [3.8, 4) is 0 Å². The number of nitrogens with one attached hydrogen (secondary N) is 1. The van der Waals surface area contributed by atoms with Crippen molar-refractivity contribution in [3.63, 3.8) is 0 Å².